The van der Waals surface area contributed by atoms with Crippen LogP contribution in [0.5, 0.6) is 0 Å². The Morgan fingerprint density at radius 1 is 0.958 bits per heavy atom. The van der Waals surface area contributed by atoms with Gasteiger partial charge >= 0.3 is 11.4 Å². The van der Waals surface area contributed by atoms with Gasteiger partial charge in [0.25, 0.3) is 0 Å². The van der Waals surface area contributed by atoms with Gasteiger partial charge in [0.2, 0.25) is 0 Å². The molecule has 24 heavy (non-hydrogen) atoms. The van der Waals surface area contributed by atoms with Crippen LogP contribution in [-0.4, -0.2) is 13.9 Å². The van der Waals surface area contributed by atoms with Gasteiger partial charge in [0.15, 0.2) is 0 Å². The quantitative estimate of drug-likeness (QED) is 0.687. The maximum absolute atomic E-state index is 12.7. The van der Waals surface area contributed by atoms with E-state index in [1.165, 1.54) is 10.1 Å². The van der Waals surface area contributed by atoms with E-state index in [2.05, 4.69) is 59.8 Å². The second kappa shape index (κ2) is 4.06. The van der Waals surface area contributed by atoms with Crippen molar-refractivity contribution in [1.29, 1.82) is 0 Å². The summed E-state index contributed by atoms with van der Waals surface area (Å²) in [7, 11) is 1.58. The Hall–Kier alpha value is -1.78. The second-order valence-corrected chi connectivity index (χ2v) is 9.64. The van der Waals surface area contributed by atoms with E-state index in [0.29, 0.717) is 0 Å². The highest BCUT2D eigenvalue weighted by molar-refractivity contribution is 5.44. The van der Waals surface area contributed by atoms with Crippen molar-refractivity contribution in [1.82, 2.24) is 13.9 Å². The predicted octanol–water partition coefficient (Wildman–Crippen LogP) is 2.65. The Kier molecular flexibility index (Phi) is 2.66. The Balaban J connectivity index is 2.06. The van der Waals surface area contributed by atoms with Crippen LogP contribution < -0.4 is 11.4 Å². The van der Waals surface area contributed by atoms with Crippen molar-refractivity contribution in [3.8, 4) is 0 Å². The average molecular weight is 329 g/mol. The van der Waals surface area contributed by atoms with Gasteiger partial charge in [-0.25, -0.2) is 23.5 Å². The summed E-state index contributed by atoms with van der Waals surface area (Å²) in [5, 5.41) is 0. The van der Waals surface area contributed by atoms with E-state index >= 15 is 0 Å². The van der Waals surface area contributed by atoms with Gasteiger partial charge in [-0.2, -0.15) is 0 Å². The number of rotatable bonds is 0. The lowest BCUT2D eigenvalue weighted by atomic mass is 9.41. The van der Waals surface area contributed by atoms with Crippen molar-refractivity contribution in [2.45, 2.75) is 53.6 Å². The second-order valence-electron chi connectivity index (χ2n) is 9.64. The predicted molar refractivity (Wildman–Crippen MR) is 94.1 cm³/mol. The molecule has 0 fully saturated rings. The molecule has 2 aliphatic carbocycles. The number of aromatic nitrogens is 3. The molecule has 0 saturated carbocycles. The monoisotopic (exact) mass is 329 g/mol. The molecule has 1 aromatic heterocycles. The van der Waals surface area contributed by atoms with Crippen molar-refractivity contribution >= 4 is 0 Å². The minimum atomic E-state index is -0.209. The molecule has 0 aromatic carbocycles. The lowest BCUT2D eigenvalue weighted by Gasteiger charge is -2.66. The van der Waals surface area contributed by atoms with E-state index in [9.17, 15) is 9.59 Å². The van der Waals surface area contributed by atoms with Gasteiger partial charge in [0.1, 0.15) is 0 Å². The van der Waals surface area contributed by atoms with Gasteiger partial charge < -0.3 is 0 Å². The third-order valence-electron chi connectivity index (χ3n) is 6.47. The molecule has 0 radical (unpaired) electrons. The lowest BCUT2D eigenvalue weighted by Crippen LogP contribution is -2.64. The maximum atomic E-state index is 12.7. The largest absolute Gasteiger partial charge is 0.347 e. The molecule has 0 N–H and O–H groups in total. The molecule has 4 aliphatic rings. The highest BCUT2D eigenvalue weighted by Crippen LogP contribution is 2.71. The van der Waals surface area contributed by atoms with Crippen LogP contribution in [0.3, 0.4) is 0 Å². The molecule has 3 heterocycles. The van der Waals surface area contributed by atoms with Crippen LogP contribution in [0, 0.1) is 22.2 Å². The summed E-state index contributed by atoms with van der Waals surface area (Å²) in [4.78, 5) is 25.4. The fraction of sp³-hybridized carbons (Fsp3) is 0.684. The van der Waals surface area contributed by atoms with Gasteiger partial charge in [0.05, 0.1) is 12.1 Å². The summed E-state index contributed by atoms with van der Waals surface area (Å²) >= 11 is 0. The third-order valence-corrected chi connectivity index (χ3v) is 6.47. The van der Waals surface area contributed by atoms with E-state index < -0.39 is 0 Å². The molecular weight excluding hydrogens is 302 g/mol. The van der Waals surface area contributed by atoms with Crippen LogP contribution in [-0.2, 0) is 7.05 Å². The Morgan fingerprint density at radius 2 is 1.54 bits per heavy atom. The molecule has 0 amide bonds. The van der Waals surface area contributed by atoms with Gasteiger partial charge in [0, 0.05) is 18.4 Å². The first-order valence-electron chi connectivity index (χ1n) is 8.74. The van der Waals surface area contributed by atoms with Gasteiger partial charge in [-0.15, -0.1) is 0 Å². The van der Waals surface area contributed by atoms with E-state index in [0.717, 1.165) is 0 Å². The van der Waals surface area contributed by atoms with Crippen molar-refractivity contribution in [2.75, 3.05) is 0 Å². The standard InChI is InChI=1S/C19H27N3O2/c1-17(2,3)11-10-19(18(4,5)6)13-9-8-12(14(11)19)21-15(23)20(7)16(24)22(13)21/h8-10,12-14H,1-7H3/t12-,13-,14+,19+/m0/s1. The first-order chi connectivity index (χ1) is 10.9. The van der Waals surface area contributed by atoms with Crippen LogP contribution in [0.1, 0.15) is 53.6 Å². The van der Waals surface area contributed by atoms with Crippen LogP contribution in [0.15, 0.2) is 33.4 Å². The lowest BCUT2D eigenvalue weighted by molar-refractivity contribution is -0.0653. The number of hydrogen-bond donors (Lipinski definition) is 0. The van der Waals surface area contributed by atoms with E-state index in [1.807, 2.05) is 0 Å². The minimum Gasteiger partial charge on any atom is -0.246 e. The number of allylic oxidation sites excluding steroid dienone is 4. The van der Waals surface area contributed by atoms with E-state index in [4.69, 9.17) is 0 Å². The van der Waals surface area contributed by atoms with Gasteiger partial charge in [-0.1, -0.05) is 65.3 Å². The summed E-state index contributed by atoms with van der Waals surface area (Å²) < 4.78 is 4.63. The molecular formula is C19H27N3O2. The van der Waals surface area contributed by atoms with Gasteiger partial charge in [-0.05, 0) is 10.8 Å². The first-order valence-corrected chi connectivity index (χ1v) is 8.74. The van der Waals surface area contributed by atoms with Crippen molar-refractivity contribution in [3.63, 3.8) is 0 Å². The highest BCUT2D eigenvalue weighted by atomic mass is 16.2. The summed E-state index contributed by atoms with van der Waals surface area (Å²) in [5.41, 5.74) is 0.935. The molecule has 130 valence electrons. The molecule has 2 aliphatic heterocycles. The summed E-state index contributed by atoms with van der Waals surface area (Å²) in [6, 6.07) is -0.171. The maximum Gasteiger partial charge on any atom is 0.347 e. The van der Waals surface area contributed by atoms with Crippen LogP contribution in [0.2, 0.25) is 0 Å². The fourth-order valence-electron chi connectivity index (χ4n) is 5.24. The smallest absolute Gasteiger partial charge is 0.246 e. The normalized spacial score (nSPS) is 33.8. The molecule has 5 nitrogen and oxygen atoms in total. The Morgan fingerprint density at radius 3 is 2.08 bits per heavy atom. The van der Waals surface area contributed by atoms with Crippen molar-refractivity contribution in [3.05, 3.63) is 44.8 Å². The molecule has 4 atom stereocenters. The SMILES string of the molecule is Cn1c(=O)n2n(c1=O)[C@H]1C=C[C@H]2[C@]2(C(C)(C)C)C=C(C(C)(C)C)[C@H]12. The fourth-order valence-corrected chi connectivity index (χ4v) is 5.24. The molecule has 1 aromatic rings. The minimum absolute atomic E-state index is 0.00330. The number of nitrogens with zero attached hydrogens (tertiary/aromatic N) is 3. The zero-order valence-corrected chi connectivity index (χ0v) is 15.6. The van der Waals surface area contributed by atoms with Crippen LogP contribution >= 0.6 is 0 Å². The average Bonchev–Trinajstić information content (AvgIpc) is 2.62. The van der Waals surface area contributed by atoms with Crippen LogP contribution in [0.4, 0.5) is 0 Å². The molecule has 2 bridgehead atoms. The van der Waals surface area contributed by atoms with E-state index in [1.54, 1.807) is 16.4 Å². The summed E-state index contributed by atoms with van der Waals surface area (Å²) in [6.45, 7) is 13.5. The van der Waals surface area contributed by atoms with Crippen molar-refractivity contribution in [2.24, 2.45) is 29.2 Å². The first kappa shape index (κ1) is 15.7. The Labute approximate surface area is 142 Å². The summed E-state index contributed by atoms with van der Waals surface area (Å²) in [5.74, 6) is 0.270. The summed E-state index contributed by atoms with van der Waals surface area (Å²) in [6.07, 6.45) is 6.69. The van der Waals surface area contributed by atoms with Crippen LogP contribution in [0.25, 0.3) is 0 Å². The third kappa shape index (κ3) is 1.47. The van der Waals surface area contributed by atoms with E-state index in [-0.39, 0.29) is 45.6 Å². The van der Waals surface area contributed by atoms with Crippen molar-refractivity contribution < 1.29 is 0 Å². The zero-order chi connectivity index (χ0) is 17.8. The van der Waals surface area contributed by atoms with Gasteiger partial charge in [-0.3, -0.25) is 0 Å². The Bertz CT molecular complexity index is 910. The molecule has 0 unspecified atom stereocenters. The zero-order valence-electron chi connectivity index (χ0n) is 15.6. The molecule has 0 spiro atoms. The molecule has 0 saturated heterocycles. The molecule has 5 heteroatoms. The topological polar surface area (TPSA) is 48.9 Å². The molecule has 5 rings (SSSR count). The highest BCUT2D eigenvalue weighted by Gasteiger charge is 2.67. The number of hydrogen-bond acceptors (Lipinski definition) is 2.